The van der Waals surface area contributed by atoms with Crippen LogP contribution in [0.3, 0.4) is 0 Å². The third-order valence-electron chi connectivity index (χ3n) is 4.78. The molecule has 1 unspecified atom stereocenters. The minimum absolute atomic E-state index is 0.319. The quantitative estimate of drug-likeness (QED) is 0.840. The van der Waals surface area contributed by atoms with E-state index in [0.717, 1.165) is 32.6 Å². The maximum atomic E-state index is 12.1. The van der Waals surface area contributed by atoms with E-state index in [0.29, 0.717) is 16.8 Å². The van der Waals surface area contributed by atoms with Crippen LogP contribution in [0, 0.1) is 0 Å². The summed E-state index contributed by atoms with van der Waals surface area (Å²) >= 11 is 0. The molecule has 6 heteroatoms. The zero-order valence-electron chi connectivity index (χ0n) is 14.8. The maximum absolute atomic E-state index is 12.1. The number of aromatic nitrogens is 1. The third kappa shape index (κ3) is 4.38. The van der Waals surface area contributed by atoms with Gasteiger partial charge in [-0.1, -0.05) is 30.3 Å². The van der Waals surface area contributed by atoms with Gasteiger partial charge >= 0.3 is 0 Å². The number of nitrogens with zero attached hydrogens (tertiary/aromatic N) is 3. The summed E-state index contributed by atoms with van der Waals surface area (Å²) in [6, 6.07) is 14.2. The van der Waals surface area contributed by atoms with Crippen LogP contribution in [0.1, 0.15) is 18.9 Å². The summed E-state index contributed by atoms with van der Waals surface area (Å²) in [6.07, 6.45) is 3.89. The highest BCUT2D eigenvalue weighted by atomic mass is 32.2. The fourth-order valence-electron chi connectivity index (χ4n) is 3.28. The molecule has 1 aliphatic heterocycles. The molecule has 0 N–H and O–H groups in total. The monoisotopic (exact) mass is 359 g/mol. The highest BCUT2D eigenvalue weighted by Gasteiger charge is 2.25. The fourth-order valence-corrected chi connectivity index (χ4v) is 4.12. The van der Waals surface area contributed by atoms with Crippen molar-refractivity contribution in [3.63, 3.8) is 0 Å². The summed E-state index contributed by atoms with van der Waals surface area (Å²) in [5.74, 6) is 0.582. The molecule has 0 bridgehead atoms. The summed E-state index contributed by atoms with van der Waals surface area (Å²) in [5.41, 5.74) is 1.30. The van der Waals surface area contributed by atoms with Gasteiger partial charge in [-0.05, 0) is 31.0 Å². The largest absolute Gasteiger partial charge is 0.354 e. The third-order valence-corrected chi connectivity index (χ3v) is 5.89. The molecule has 0 saturated carbocycles. The molecular weight excluding hydrogens is 334 g/mol. The van der Waals surface area contributed by atoms with Gasteiger partial charge in [-0.25, -0.2) is 13.4 Å². The lowest BCUT2D eigenvalue weighted by atomic mass is 10.1. The van der Waals surface area contributed by atoms with Crippen LogP contribution >= 0.6 is 0 Å². The van der Waals surface area contributed by atoms with Gasteiger partial charge < -0.3 is 4.90 Å². The van der Waals surface area contributed by atoms with Crippen molar-refractivity contribution < 1.29 is 8.42 Å². The first-order valence-corrected chi connectivity index (χ1v) is 10.5. The number of rotatable bonds is 4. The van der Waals surface area contributed by atoms with Crippen LogP contribution in [0.2, 0.25) is 0 Å². The Morgan fingerprint density at radius 3 is 2.56 bits per heavy atom. The molecule has 3 rings (SSSR count). The Labute approximate surface area is 150 Å². The Hall–Kier alpha value is -1.92. The lowest BCUT2D eigenvalue weighted by Crippen LogP contribution is -2.34. The summed E-state index contributed by atoms with van der Waals surface area (Å²) in [4.78, 5) is 9.26. The second-order valence-electron chi connectivity index (χ2n) is 6.68. The first-order chi connectivity index (χ1) is 11.9. The topological polar surface area (TPSA) is 53.5 Å². The number of pyridine rings is 1. The molecule has 0 spiro atoms. The Morgan fingerprint density at radius 1 is 1.08 bits per heavy atom. The van der Waals surface area contributed by atoms with E-state index in [1.165, 1.54) is 11.8 Å². The number of sulfone groups is 1. The van der Waals surface area contributed by atoms with Crippen molar-refractivity contribution in [3.8, 4) is 0 Å². The first-order valence-electron chi connectivity index (χ1n) is 8.63. The van der Waals surface area contributed by atoms with Gasteiger partial charge in [0.25, 0.3) is 0 Å². The van der Waals surface area contributed by atoms with E-state index in [-0.39, 0.29) is 0 Å². The second kappa shape index (κ2) is 7.54. The molecule has 2 heterocycles. The van der Waals surface area contributed by atoms with Crippen LogP contribution in [0.25, 0.3) is 0 Å². The molecule has 1 saturated heterocycles. The zero-order valence-corrected chi connectivity index (χ0v) is 15.6. The molecule has 1 aromatic heterocycles. The average Bonchev–Trinajstić information content (AvgIpc) is 2.78. The average molecular weight is 359 g/mol. The molecular formula is C19H25N3O2S. The van der Waals surface area contributed by atoms with E-state index in [9.17, 15) is 8.42 Å². The molecule has 25 heavy (non-hydrogen) atoms. The molecule has 1 fully saturated rings. The smallest absolute Gasteiger partial charge is 0.179 e. The SMILES string of the molecule is CC1CCN(c2ncccc2S(C)(=O)=O)CCN1Cc1ccccc1. The van der Waals surface area contributed by atoms with Gasteiger partial charge in [-0.15, -0.1) is 0 Å². The van der Waals surface area contributed by atoms with Crippen molar-refractivity contribution in [1.82, 2.24) is 9.88 Å². The van der Waals surface area contributed by atoms with E-state index in [1.807, 2.05) is 6.07 Å². The molecule has 0 amide bonds. The van der Waals surface area contributed by atoms with Crippen molar-refractivity contribution in [2.24, 2.45) is 0 Å². The summed E-state index contributed by atoms with van der Waals surface area (Å²) in [7, 11) is -3.29. The normalized spacial score (nSPS) is 19.6. The lowest BCUT2D eigenvalue weighted by molar-refractivity contribution is 0.212. The van der Waals surface area contributed by atoms with Gasteiger partial charge in [-0.2, -0.15) is 0 Å². The van der Waals surface area contributed by atoms with Crippen LogP contribution in [0.4, 0.5) is 5.82 Å². The Bertz CT molecular complexity index is 808. The molecule has 2 aromatic rings. The van der Waals surface area contributed by atoms with Crippen LogP contribution in [-0.2, 0) is 16.4 Å². The number of benzene rings is 1. The van der Waals surface area contributed by atoms with Crippen molar-refractivity contribution in [1.29, 1.82) is 0 Å². The molecule has 1 aliphatic rings. The standard InChI is InChI=1S/C19H25N3O2S/c1-16-10-12-21(19-18(25(2,23)24)9-6-11-20-19)13-14-22(16)15-17-7-4-3-5-8-17/h3-9,11,16H,10,12-15H2,1-2H3. The van der Waals surface area contributed by atoms with E-state index in [2.05, 4.69) is 46.0 Å². The van der Waals surface area contributed by atoms with Gasteiger partial charge in [0.15, 0.2) is 9.84 Å². The maximum Gasteiger partial charge on any atom is 0.179 e. The molecule has 134 valence electrons. The van der Waals surface area contributed by atoms with Gasteiger partial charge in [0.1, 0.15) is 10.7 Å². The van der Waals surface area contributed by atoms with Crippen molar-refractivity contribution >= 4 is 15.7 Å². The predicted molar refractivity (Wildman–Crippen MR) is 100 cm³/mol. The van der Waals surface area contributed by atoms with Crippen LogP contribution in [0.15, 0.2) is 53.6 Å². The van der Waals surface area contributed by atoms with Gasteiger partial charge in [0, 0.05) is 44.7 Å². The fraction of sp³-hybridized carbons (Fsp3) is 0.421. The van der Waals surface area contributed by atoms with Crippen molar-refractivity contribution in [2.45, 2.75) is 30.8 Å². The minimum Gasteiger partial charge on any atom is -0.354 e. The lowest BCUT2D eigenvalue weighted by Gasteiger charge is -2.26. The van der Waals surface area contributed by atoms with Gasteiger partial charge in [0.05, 0.1) is 0 Å². The Balaban J connectivity index is 1.78. The molecule has 0 aliphatic carbocycles. The van der Waals surface area contributed by atoms with Gasteiger partial charge in [0.2, 0.25) is 0 Å². The van der Waals surface area contributed by atoms with Crippen molar-refractivity contribution in [2.75, 3.05) is 30.8 Å². The highest BCUT2D eigenvalue weighted by Crippen LogP contribution is 2.25. The molecule has 0 radical (unpaired) electrons. The highest BCUT2D eigenvalue weighted by molar-refractivity contribution is 7.90. The number of hydrogen-bond donors (Lipinski definition) is 0. The Morgan fingerprint density at radius 2 is 1.84 bits per heavy atom. The number of hydrogen-bond acceptors (Lipinski definition) is 5. The van der Waals surface area contributed by atoms with E-state index >= 15 is 0 Å². The van der Waals surface area contributed by atoms with E-state index < -0.39 is 9.84 Å². The number of anilines is 1. The van der Waals surface area contributed by atoms with Crippen molar-refractivity contribution in [3.05, 3.63) is 54.2 Å². The van der Waals surface area contributed by atoms with Crippen LogP contribution in [0.5, 0.6) is 0 Å². The van der Waals surface area contributed by atoms with Crippen LogP contribution in [-0.4, -0.2) is 50.2 Å². The first kappa shape index (κ1) is 17.9. The van der Waals surface area contributed by atoms with Gasteiger partial charge in [-0.3, -0.25) is 4.90 Å². The molecule has 1 atom stereocenters. The zero-order chi connectivity index (χ0) is 17.9. The van der Waals surface area contributed by atoms with E-state index in [1.54, 1.807) is 18.3 Å². The second-order valence-corrected chi connectivity index (χ2v) is 8.66. The molecule has 5 nitrogen and oxygen atoms in total. The summed E-state index contributed by atoms with van der Waals surface area (Å²) in [5, 5.41) is 0. The van der Waals surface area contributed by atoms with Crippen LogP contribution < -0.4 is 4.90 Å². The minimum atomic E-state index is -3.29. The van der Waals surface area contributed by atoms with E-state index in [4.69, 9.17) is 0 Å². The summed E-state index contributed by atoms with van der Waals surface area (Å²) < 4.78 is 24.2. The predicted octanol–water partition coefficient (Wildman–Crippen LogP) is 2.59. The Kier molecular flexibility index (Phi) is 5.39. The summed E-state index contributed by atoms with van der Waals surface area (Å²) in [6.45, 7) is 5.62. The molecule has 1 aromatic carbocycles.